The Hall–Kier alpha value is -0.300. The minimum Gasteiger partial charge on any atom is -0.480 e. The fraction of sp³-hybridized carbons (Fsp3) is 0.300. The fourth-order valence-electron chi connectivity index (χ4n) is 1.13. The molecule has 82 valence electrons. The molecular formula is C10H11BrINO2. The number of aliphatic carboxylic acids is 1. The van der Waals surface area contributed by atoms with Crippen LogP contribution in [0.2, 0.25) is 0 Å². The largest absolute Gasteiger partial charge is 0.480 e. The highest BCUT2D eigenvalue weighted by molar-refractivity contribution is 14.1. The highest BCUT2D eigenvalue weighted by Gasteiger charge is 2.15. The predicted molar refractivity (Wildman–Crippen MR) is 72.2 cm³/mol. The van der Waals surface area contributed by atoms with Crippen LogP contribution in [0.25, 0.3) is 0 Å². The lowest BCUT2D eigenvalue weighted by Crippen LogP contribution is -2.28. The van der Waals surface area contributed by atoms with Gasteiger partial charge in [0.15, 0.2) is 0 Å². The minimum absolute atomic E-state index is 0.534. The summed E-state index contributed by atoms with van der Waals surface area (Å²) in [5, 5.41) is 11.9. The van der Waals surface area contributed by atoms with Crippen molar-refractivity contribution in [2.75, 3.05) is 5.32 Å². The highest BCUT2D eigenvalue weighted by Crippen LogP contribution is 2.23. The number of nitrogens with one attached hydrogen (secondary N) is 1. The van der Waals surface area contributed by atoms with E-state index in [1.54, 1.807) is 0 Å². The lowest BCUT2D eigenvalue weighted by molar-refractivity contribution is -0.137. The van der Waals surface area contributed by atoms with Crippen molar-refractivity contribution in [1.29, 1.82) is 0 Å². The van der Waals surface area contributed by atoms with Gasteiger partial charge in [-0.1, -0.05) is 22.9 Å². The zero-order valence-corrected chi connectivity index (χ0v) is 11.9. The first kappa shape index (κ1) is 12.8. The zero-order valence-electron chi connectivity index (χ0n) is 8.13. The molecule has 0 aliphatic carbocycles. The summed E-state index contributed by atoms with van der Waals surface area (Å²) in [7, 11) is 0. The highest BCUT2D eigenvalue weighted by atomic mass is 127. The van der Waals surface area contributed by atoms with E-state index < -0.39 is 12.0 Å². The standard InChI is InChI=1S/C10H11BrINO2/c1-2-8(10(14)15)13-9-5-6(11)3-4-7(9)12/h3-5,8,13H,2H2,1H3,(H,14,15). The Bertz CT molecular complexity index is 370. The third-order valence-electron chi connectivity index (χ3n) is 1.96. The Balaban J connectivity index is 2.87. The molecule has 1 aromatic carbocycles. The van der Waals surface area contributed by atoms with Crippen LogP contribution in [-0.4, -0.2) is 17.1 Å². The van der Waals surface area contributed by atoms with Crippen molar-refractivity contribution < 1.29 is 9.90 Å². The van der Waals surface area contributed by atoms with Gasteiger partial charge in [-0.15, -0.1) is 0 Å². The van der Waals surface area contributed by atoms with Gasteiger partial charge in [-0.2, -0.15) is 0 Å². The molecule has 0 amide bonds. The third-order valence-corrected chi connectivity index (χ3v) is 3.40. The van der Waals surface area contributed by atoms with Gasteiger partial charge in [-0.25, -0.2) is 4.79 Å². The molecule has 5 heteroatoms. The fourth-order valence-corrected chi connectivity index (χ4v) is 1.99. The van der Waals surface area contributed by atoms with Crippen molar-refractivity contribution in [3.63, 3.8) is 0 Å². The molecule has 15 heavy (non-hydrogen) atoms. The number of halogens is 2. The molecule has 0 saturated heterocycles. The van der Waals surface area contributed by atoms with E-state index in [1.165, 1.54) is 0 Å². The van der Waals surface area contributed by atoms with Gasteiger partial charge in [0.25, 0.3) is 0 Å². The predicted octanol–water partition coefficient (Wildman–Crippen LogP) is 3.33. The lowest BCUT2D eigenvalue weighted by Gasteiger charge is -2.15. The molecule has 1 aromatic rings. The Kier molecular flexibility index (Phi) is 4.85. The number of rotatable bonds is 4. The third kappa shape index (κ3) is 3.64. The summed E-state index contributed by atoms with van der Waals surface area (Å²) in [5.41, 5.74) is 0.847. The summed E-state index contributed by atoms with van der Waals surface area (Å²) >= 11 is 5.53. The van der Waals surface area contributed by atoms with E-state index in [9.17, 15) is 4.79 Å². The van der Waals surface area contributed by atoms with Gasteiger partial charge in [0.1, 0.15) is 6.04 Å². The average molecular weight is 384 g/mol. The maximum absolute atomic E-state index is 10.9. The average Bonchev–Trinajstić information content (AvgIpc) is 2.18. The van der Waals surface area contributed by atoms with E-state index in [4.69, 9.17) is 5.11 Å². The van der Waals surface area contributed by atoms with Gasteiger partial charge in [-0.05, 0) is 47.2 Å². The summed E-state index contributed by atoms with van der Waals surface area (Å²) in [6.45, 7) is 1.84. The second-order valence-electron chi connectivity index (χ2n) is 3.07. The van der Waals surface area contributed by atoms with Crippen molar-refractivity contribution in [2.24, 2.45) is 0 Å². The number of carboxylic acid groups (broad SMARTS) is 1. The topological polar surface area (TPSA) is 49.3 Å². The quantitative estimate of drug-likeness (QED) is 0.784. The van der Waals surface area contributed by atoms with Crippen LogP contribution in [0.1, 0.15) is 13.3 Å². The zero-order chi connectivity index (χ0) is 11.4. The van der Waals surface area contributed by atoms with Gasteiger partial charge in [0, 0.05) is 13.7 Å². The first-order chi connectivity index (χ1) is 7.04. The summed E-state index contributed by atoms with van der Waals surface area (Å²) in [6.07, 6.45) is 0.553. The number of anilines is 1. The van der Waals surface area contributed by atoms with Crippen LogP contribution in [0, 0.1) is 3.57 Å². The summed E-state index contributed by atoms with van der Waals surface area (Å²) in [5.74, 6) is -0.826. The van der Waals surface area contributed by atoms with Crippen LogP contribution in [0.5, 0.6) is 0 Å². The molecule has 0 aromatic heterocycles. The van der Waals surface area contributed by atoms with E-state index in [0.717, 1.165) is 13.7 Å². The number of hydrogen-bond acceptors (Lipinski definition) is 2. The molecular weight excluding hydrogens is 373 g/mol. The second-order valence-corrected chi connectivity index (χ2v) is 5.15. The molecule has 0 saturated carbocycles. The van der Waals surface area contributed by atoms with Crippen molar-refractivity contribution >= 4 is 50.2 Å². The summed E-state index contributed by atoms with van der Waals surface area (Å²) in [4.78, 5) is 10.9. The van der Waals surface area contributed by atoms with Gasteiger partial charge in [-0.3, -0.25) is 0 Å². The van der Waals surface area contributed by atoms with Crippen LogP contribution >= 0.6 is 38.5 Å². The van der Waals surface area contributed by atoms with Crippen LogP contribution in [0.3, 0.4) is 0 Å². The minimum atomic E-state index is -0.826. The smallest absolute Gasteiger partial charge is 0.326 e. The van der Waals surface area contributed by atoms with Gasteiger partial charge >= 0.3 is 5.97 Å². The van der Waals surface area contributed by atoms with Crippen LogP contribution < -0.4 is 5.32 Å². The van der Waals surface area contributed by atoms with Crippen molar-refractivity contribution in [1.82, 2.24) is 0 Å². The van der Waals surface area contributed by atoms with E-state index in [2.05, 4.69) is 43.8 Å². The van der Waals surface area contributed by atoms with Gasteiger partial charge in [0.2, 0.25) is 0 Å². The van der Waals surface area contributed by atoms with Crippen LogP contribution in [0.15, 0.2) is 22.7 Å². The number of hydrogen-bond donors (Lipinski definition) is 2. The van der Waals surface area contributed by atoms with Crippen LogP contribution in [-0.2, 0) is 4.79 Å². The first-order valence-electron chi connectivity index (χ1n) is 4.49. The maximum Gasteiger partial charge on any atom is 0.326 e. The first-order valence-corrected chi connectivity index (χ1v) is 6.36. The van der Waals surface area contributed by atoms with Crippen molar-refractivity contribution in [3.05, 3.63) is 26.2 Å². The number of benzene rings is 1. The summed E-state index contributed by atoms with van der Waals surface area (Å²) in [6, 6.07) is 5.21. The van der Waals surface area contributed by atoms with E-state index in [0.29, 0.717) is 6.42 Å². The molecule has 0 spiro atoms. The maximum atomic E-state index is 10.9. The molecule has 0 bridgehead atoms. The molecule has 0 radical (unpaired) electrons. The Morgan fingerprint density at radius 2 is 2.33 bits per heavy atom. The Labute approximate surface area is 111 Å². The number of carboxylic acids is 1. The number of carbonyl (C=O) groups is 1. The molecule has 0 aliphatic rings. The van der Waals surface area contributed by atoms with E-state index >= 15 is 0 Å². The monoisotopic (exact) mass is 383 g/mol. The molecule has 0 aliphatic heterocycles. The van der Waals surface area contributed by atoms with Gasteiger partial charge in [0.05, 0.1) is 0 Å². The normalized spacial score (nSPS) is 12.2. The molecule has 1 rings (SSSR count). The molecule has 2 N–H and O–H groups in total. The molecule has 0 fully saturated rings. The van der Waals surface area contributed by atoms with Crippen LogP contribution in [0.4, 0.5) is 5.69 Å². The lowest BCUT2D eigenvalue weighted by atomic mass is 10.2. The molecule has 3 nitrogen and oxygen atoms in total. The van der Waals surface area contributed by atoms with E-state index in [-0.39, 0.29) is 0 Å². The molecule has 1 atom stereocenters. The van der Waals surface area contributed by atoms with Gasteiger partial charge < -0.3 is 10.4 Å². The summed E-state index contributed by atoms with van der Waals surface area (Å²) < 4.78 is 1.95. The van der Waals surface area contributed by atoms with E-state index in [1.807, 2.05) is 25.1 Å². The Morgan fingerprint density at radius 3 is 2.87 bits per heavy atom. The molecule has 1 unspecified atom stereocenters. The van der Waals surface area contributed by atoms with Crippen molar-refractivity contribution in [3.8, 4) is 0 Å². The Morgan fingerprint density at radius 1 is 1.67 bits per heavy atom. The SMILES string of the molecule is CCC(Nc1cc(Br)ccc1I)C(=O)O. The second kappa shape index (κ2) is 5.69. The molecule has 0 heterocycles. The van der Waals surface area contributed by atoms with Crippen molar-refractivity contribution in [2.45, 2.75) is 19.4 Å².